The van der Waals surface area contributed by atoms with Crippen LogP contribution < -0.4 is 16.0 Å². The highest BCUT2D eigenvalue weighted by Crippen LogP contribution is 2.22. The number of anilines is 2. The zero-order chi connectivity index (χ0) is 20.0. The summed E-state index contributed by atoms with van der Waals surface area (Å²) in [6.07, 6.45) is 0.398. The Morgan fingerprint density at radius 1 is 1.11 bits per heavy atom. The van der Waals surface area contributed by atoms with Crippen molar-refractivity contribution in [2.24, 2.45) is 0 Å². The van der Waals surface area contributed by atoms with Crippen LogP contribution in [0.2, 0.25) is 0 Å². The number of hydrogen-bond donors (Lipinski definition) is 3. The first kappa shape index (κ1) is 20.5. The first-order chi connectivity index (χ1) is 12.8. The van der Waals surface area contributed by atoms with E-state index in [1.165, 1.54) is 0 Å². The normalized spacial score (nSPS) is 11.9. The van der Waals surface area contributed by atoms with Crippen LogP contribution in [0.25, 0.3) is 0 Å². The summed E-state index contributed by atoms with van der Waals surface area (Å²) >= 11 is 0. The molecule has 1 unspecified atom stereocenters. The van der Waals surface area contributed by atoms with Crippen molar-refractivity contribution in [1.29, 1.82) is 0 Å². The lowest BCUT2D eigenvalue weighted by molar-refractivity contribution is -0.115. The molecule has 1 aromatic heterocycles. The van der Waals surface area contributed by atoms with Crippen LogP contribution >= 0.6 is 0 Å². The van der Waals surface area contributed by atoms with Crippen LogP contribution in [0, 0.1) is 13.8 Å². The molecule has 2 rings (SSSR count). The highest BCUT2D eigenvalue weighted by atomic mass is 16.3. The molecule has 0 saturated heterocycles. The Hall–Kier alpha value is -2.80. The van der Waals surface area contributed by atoms with Gasteiger partial charge in [0.25, 0.3) is 0 Å². The number of hydrogen-bond acceptors (Lipinski definition) is 4. The zero-order valence-corrected chi connectivity index (χ0v) is 16.6. The van der Waals surface area contributed by atoms with E-state index in [0.29, 0.717) is 24.3 Å². The molecule has 7 heteroatoms. The topological polar surface area (TPSA) is 86.6 Å². The fourth-order valence-electron chi connectivity index (χ4n) is 2.61. The number of furan rings is 1. The average molecular weight is 372 g/mol. The van der Waals surface area contributed by atoms with Gasteiger partial charge >= 0.3 is 6.03 Å². The molecule has 1 atom stereocenters. The Kier molecular flexibility index (Phi) is 7.01. The molecule has 0 aliphatic carbocycles. The lowest BCUT2D eigenvalue weighted by atomic mass is 10.1. The highest BCUT2D eigenvalue weighted by molar-refractivity contribution is 5.94. The van der Waals surface area contributed by atoms with Crippen LogP contribution in [0.4, 0.5) is 16.2 Å². The summed E-state index contributed by atoms with van der Waals surface area (Å²) in [5.41, 5.74) is 2.21. The Balaban J connectivity index is 2.00. The molecule has 3 N–H and O–H groups in total. The minimum absolute atomic E-state index is 0.0688. The number of urea groups is 1. The summed E-state index contributed by atoms with van der Waals surface area (Å²) in [7, 11) is 3.87. The molecule has 0 spiro atoms. The number of likely N-dealkylation sites (N-methyl/N-ethyl adjacent to an activating group) is 1. The minimum atomic E-state index is -0.313. The second kappa shape index (κ2) is 9.23. The maximum atomic E-state index is 12.4. The molecule has 0 radical (unpaired) electrons. The number of amides is 3. The molecule has 0 fully saturated rings. The number of nitrogens with zero attached hydrogens (tertiary/aromatic N) is 1. The summed E-state index contributed by atoms with van der Waals surface area (Å²) in [6, 6.07) is 8.87. The predicted molar refractivity (Wildman–Crippen MR) is 107 cm³/mol. The van der Waals surface area contributed by atoms with Crippen molar-refractivity contribution < 1.29 is 14.0 Å². The van der Waals surface area contributed by atoms with Gasteiger partial charge in [0.2, 0.25) is 5.91 Å². The molecular weight excluding hydrogens is 344 g/mol. The molecule has 1 aromatic carbocycles. The average Bonchev–Trinajstić information content (AvgIpc) is 3.03. The summed E-state index contributed by atoms with van der Waals surface area (Å²) in [4.78, 5) is 25.9. The van der Waals surface area contributed by atoms with Gasteiger partial charge in [-0.05, 0) is 57.8 Å². The Labute approximate surface area is 160 Å². The van der Waals surface area contributed by atoms with Crippen molar-refractivity contribution in [2.45, 2.75) is 33.2 Å². The third-order valence-electron chi connectivity index (χ3n) is 4.26. The van der Waals surface area contributed by atoms with E-state index in [0.717, 1.165) is 17.1 Å². The fraction of sp³-hybridized carbons (Fsp3) is 0.400. The molecule has 0 aliphatic rings. The second-order valence-electron chi connectivity index (χ2n) is 6.69. The number of aryl methyl sites for hydroxylation is 2. The van der Waals surface area contributed by atoms with Gasteiger partial charge in [-0.15, -0.1) is 0 Å². The van der Waals surface area contributed by atoms with Crippen molar-refractivity contribution >= 4 is 23.3 Å². The molecule has 2 aromatic rings. The standard InChI is InChI=1S/C20H28N4O3/c1-6-19(25)22-15-9-7-13(2)16(11-15)23-20(26)21-12-17(24(4)5)18-10-8-14(3)27-18/h7-11,17H,6,12H2,1-5H3,(H,22,25)(H2,21,23,26). The molecular formula is C20H28N4O3. The van der Waals surface area contributed by atoms with Gasteiger partial charge in [-0.1, -0.05) is 13.0 Å². The highest BCUT2D eigenvalue weighted by Gasteiger charge is 2.18. The number of rotatable bonds is 7. The summed E-state index contributed by atoms with van der Waals surface area (Å²) in [5, 5.41) is 8.51. The van der Waals surface area contributed by atoms with E-state index in [2.05, 4.69) is 16.0 Å². The molecule has 27 heavy (non-hydrogen) atoms. The SMILES string of the molecule is CCC(=O)Nc1ccc(C)c(NC(=O)NCC(c2ccc(C)o2)N(C)C)c1. The van der Waals surface area contributed by atoms with Gasteiger partial charge < -0.3 is 20.4 Å². The van der Waals surface area contributed by atoms with Crippen molar-refractivity contribution in [3.8, 4) is 0 Å². The maximum absolute atomic E-state index is 12.4. The molecule has 0 aliphatic heterocycles. The Bertz CT molecular complexity index is 798. The molecule has 7 nitrogen and oxygen atoms in total. The lowest BCUT2D eigenvalue weighted by Gasteiger charge is -2.23. The van der Waals surface area contributed by atoms with E-state index in [1.807, 2.05) is 57.1 Å². The van der Waals surface area contributed by atoms with Crippen molar-refractivity contribution in [3.63, 3.8) is 0 Å². The minimum Gasteiger partial charge on any atom is -0.465 e. The molecule has 0 bridgehead atoms. The van der Waals surface area contributed by atoms with E-state index in [9.17, 15) is 9.59 Å². The van der Waals surface area contributed by atoms with Crippen LogP contribution in [-0.2, 0) is 4.79 Å². The van der Waals surface area contributed by atoms with Gasteiger partial charge in [-0.2, -0.15) is 0 Å². The Morgan fingerprint density at radius 3 is 2.44 bits per heavy atom. The zero-order valence-electron chi connectivity index (χ0n) is 16.6. The van der Waals surface area contributed by atoms with Crippen LogP contribution in [0.15, 0.2) is 34.7 Å². The first-order valence-electron chi connectivity index (χ1n) is 8.98. The van der Waals surface area contributed by atoms with Crippen LogP contribution in [0.1, 0.15) is 36.5 Å². The second-order valence-corrected chi connectivity index (χ2v) is 6.69. The van der Waals surface area contributed by atoms with Gasteiger partial charge in [0.15, 0.2) is 0 Å². The summed E-state index contributed by atoms with van der Waals surface area (Å²) < 4.78 is 5.69. The Morgan fingerprint density at radius 2 is 1.85 bits per heavy atom. The van der Waals surface area contributed by atoms with Gasteiger partial charge in [0.1, 0.15) is 11.5 Å². The van der Waals surface area contributed by atoms with E-state index in [4.69, 9.17) is 4.42 Å². The quantitative estimate of drug-likeness (QED) is 0.692. The van der Waals surface area contributed by atoms with E-state index < -0.39 is 0 Å². The smallest absolute Gasteiger partial charge is 0.319 e. The van der Waals surface area contributed by atoms with Crippen molar-refractivity contribution in [3.05, 3.63) is 47.4 Å². The van der Waals surface area contributed by atoms with Crippen LogP contribution in [0.5, 0.6) is 0 Å². The monoisotopic (exact) mass is 372 g/mol. The maximum Gasteiger partial charge on any atom is 0.319 e. The largest absolute Gasteiger partial charge is 0.465 e. The molecule has 1 heterocycles. The predicted octanol–water partition coefficient (Wildman–Crippen LogP) is 3.67. The third kappa shape index (κ3) is 5.86. The number of carbonyl (C=O) groups excluding carboxylic acids is 2. The number of benzene rings is 1. The van der Waals surface area contributed by atoms with Gasteiger partial charge in [0.05, 0.1) is 6.04 Å². The van der Waals surface area contributed by atoms with E-state index in [-0.39, 0.29) is 18.0 Å². The molecule has 0 saturated carbocycles. The van der Waals surface area contributed by atoms with Crippen molar-refractivity contribution in [1.82, 2.24) is 10.2 Å². The lowest BCUT2D eigenvalue weighted by Crippen LogP contribution is -2.36. The first-order valence-corrected chi connectivity index (χ1v) is 8.98. The van der Waals surface area contributed by atoms with E-state index in [1.54, 1.807) is 13.0 Å². The van der Waals surface area contributed by atoms with E-state index >= 15 is 0 Å². The summed E-state index contributed by atoms with van der Waals surface area (Å²) in [5.74, 6) is 1.57. The fourth-order valence-corrected chi connectivity index (χ4v) is 2.61. The number of nitrogens with one attached hydrogen (secondary N) is 3. The van der Waals surface area contributed by atoms with Crippen LogP contribution in [-0.4, -0.2) is 37.5 Å². The molecule has 146 valence electrons. The van der Waals surface area contributed by atoms with Gasteiger partial charge in [-0.3, -0.25) is 9.69 Å². The van der Waals surface area contributed by atoms with Gasteiger partial charge in [0, 0.05) is 24.3 Å². The summed E-state index contributed by atoms with van der Waals surface area (Å²) in [6.45, 7) is 5.98. The van der Waals surface area contributed by atoms with Crippen LogP contribution in [0.3, 0.4) is 0 Å². The molecule has 3 amide bonds. The van der Waals surface area contributed by atoms with Crippen molar-refractivity contribution in [2.75, 3.05) is 31.3 Å². The van der Waals surface area contributed by atoms with Gasteiger partial charge in [-0.25, -0.2) is 4.79 Å². The number of carbonyl (C=O) groups is 2. The third-order valence-corrected chi connectivity index (χ3v) is 4.26.